The van der Waals surface area contributed by atoms with Crippen molar-refractivity contribution in [1.82, 2.24) is 4.90 Å². The molecule has 0 spiro atoms. The van der Waals surface area contributed by atoms with Crippen LogP contribution in [-0.2, 0) is 4.79 Å². The zero-order valence-electron chi connectivity index (χ0n) is 10.7. The van der Waals surface area contributed by atoms with E-state index in [-0.39, 0.29) is 5.91 Å². The van der Waals surface area contributed by atoms with E-state index in [1.54, 1.807) is 19.1 Å². The van der Waals surface area contributed by atoms with Gasteiger partial charge in [0.1, 0.15) is 6.04 Å². The van der Waals surface area contributed by atoms with E-state index in [9.17, 15) is 9.59 Å². The second-order valence-corrected chi connectivity index (χ2v) is 4.73. The van der Waals surface area contributed by atoms with Crippen molar-refractivity contribution in [2.24, 2.45) is 0 Å². The number of carboxylic acids is 1. The Morgan fingerprint density at radius 1 is 1.39 bits per heavy atom. The third kappa shape index (κ3) is 3.04. The van der Waals surface area contributed by atoms with Crippen molar-refractivity contribution in [3.63, 3.8) is 0 Å². The lowest BCUT2D eigenvalue weighted by Crippen LogP contribution is -2.42. The minimum atomic E-state index is -0.977. The van der Waals surface area contributed by atoms with Gasteiger partial charge in [0.2, 0.25) is 0 Å². The summed E-state index contributed by atoms with van der Waals surface area (Å²) in [6.07, 6.45) is 2.28. The fourth-order valence-electron chi connectivity index (χ4n) is 1.77. The van der Waals surface area contributed by atoms with Crippen molar-refractivity contribution >= 4 is 23.6 Å². The Labute approximate surface area is 111 Å². The van der Waals surface area contributed by atoms with Gasteiger partial charge < -0.3 is 10.0 Å². The zero-order valence-corrected chi connectivity index (χ0v) is 11.5. The first kappa shape index (κ1) is 14.6. The minimum Gasteiger partial charge on any atom is -0.480 e. The number of likely N-dealkylation sites (N-methyl/N-ethyl adjacent to an activating group) is 1. The van der Waals surface area contributed by atoms with Gasteiger partial charge in [-0.15, -0.1) is 11.8 Å². The van der Waals surface area contributed by atoms with E-state index < -0.39 is 12.0 Å². The maximum absolute atomic E-state index is 12.3. The van der Waals surface area contributed by atoms with Gasteiger partial charge in [0.15, 0.2) is 0 Å². The fourth-order valence-corrected chi connectivity index (χ4v) is 2.36. The number of carbonyl (C=O) groups excluding carboxylic acids is 1. The Morgan fingerprint density at radius 3 is 2.50 bits per heavy atom. The highest BCUT2D eigenvalue weighted by Crippen LogP contribution is 2.22. The SMILES string of the molecule is CCC(C(=O)O)N(C)C(=O)c1ccccc1SC. The van der Waals surface area contributed by atoms with Crippen molar-refractivity contribution in [2.75, 3.05) is 13.3 Å². The van der Waals surface area contributed by atoms with Crippen LogP contribution >= 0.6 is 11.8 Å². The van der Waals surface area contributed by atoms with E-state index in [2.05, 4.69) is 0 Å². The average Bonchev–Trinajstić information content (AvgIpc) is 2.38. The quantitative estimate of drug-likeness (QED) is 0.832. The van der Waals surface area contributed by atoms with Crippen molar-refractivity contribution in [1.29, 1.82) is 0 Å². The lowest BCUT2D eigenvalue weighted by molar-refractivity contribution is -0.142. The van der Waals surface area contributed by atoms with Gasteiger partial charge >= 0.3 is 5.97 Å². The second-order valence-electron chi connectivity index (χ2n) is 3.88. The van der Waals surface area contributed by atoms with Crippen LogP contribution in [0, 0.1) is 0 Å². The van der Waals surface area contributed by atoms with Gasteiger partial charge in [-0.05, 0) is 24.8 Å². The number of amides is 1. The van der Waals surface area contributed by atoms with E-state index in [0.717, 1.165) is 4.90 Å². The molecule has 5 heteroatoms. The molecule has 1 unspecified atom stereocenters. The molecule has 0 aliphatic heterocycles. The van der Waals surface area contributed by atoms with Crippen LogP contribution in [-0.4, -0.2) is 41.2 Å². The summed E-state index contributed by atoms with van der Waals surface area (Å²) in [5.41, 5.74) is 0.548. The number of rotatable bonds is 5. The molecule has 0 aliphatic carbocycles. The molecule has 1 atom stereocenters. The summed E-state index contributed by atoms with van der Waals surface area (Å²) in [7, 11) is 1.53. The summed E-state index contributed by atoms with van der Waals surface area (Å²) in [5.74, 6) is -1.23. The van der Waals surface area contributed by atoms with Crippen LogP contribution in [0.3, 0.4) is 0 Å². The molecule has 0 aliphatic rings. The summed E-state index contributed by atoms with van der Waals surface area (Å²) in [6.45, 7) is 1.75. The van der Waals surface area contributed by atoms with Crippen LogP contribution in [0.4, 0.5) is 0 Å². The van der Waals surface area contributed by atoms with Crippen molar-refractivity contribution in [2.45, 2.75) is 24.3 Å². The monoisotopic (exact) mass is 267 g/mol. The van der Waals surface area contributed by atoms with Crippen LogP contribution in [0.25, 0.3) is 0 Å². The molecular weight excluding hydrogens is 250 g/mol. The third-order valence-electron chi connectivity index (χ3n) is 2.80. The number of benzene rings is 1. The van der Waals surface area contributed by atoms with Crippen molar-refractivity contribution < 1.29 is 14.7 Å². The fraction of sp³-hybridized carbons (Fsp3) is 0.385. The molecule has 0 saturated carbocycles. The first-order chi connectivity index (χ1) is 8.52. The molecular formula is C13H17NO3S. The largest absolute Gasteiger partial charge is 0.480 e. The van der Waals surface area contributed by atoms with Gasteiger partial charge in [-0.3, -0.25) is 4.79 Å². The number of hydrogen-bond acceptors (Lipinski definition) is 3. The molecule has 0 radical (unpaired) electrons. The normalized spacial score (nSPS) is 11.9. The molecule has 4 nitrogen and oxygen atoms in total. The Bertz CT molecular complexity index is 448. The number of aliphatic carboxylic acids is 1. The minimum absolute atomic E-state index is 0.255. The molecule has 1 rings (SSSR count). The predicted molar refractivity (Wildman–Crippen MR) is 72.0 cm³/mol. The number of hydrogen-bond donors (Lipinski definition) is 1. The molecule has 98 valence electrons. The van der Waals surface area contributed by atoms with Gasteiger partial charge in [0.05, 0.1) is 5.56 Å². The van der Waals surface area contributed by atoms with E-state index in [1.807, 2.05) is 18.4 Å². The Hall–Kier alpha value is -1.49. The second kappa shape index (κ2) is 6.44. The summed E-state index contributed by atoms with van der Waals surface area (Å²) in [4.78, 5) is 25.5. The van der Waals surface area contributed by atoms with Crippen LogP contribution in [0.5, 0.6) is 0 Å². The Morgan fingerprint density at radius 2 is 2.00 bits per heavy atom. The molecule has 1 amide bonds. The highest BCUT2D eigenvalue weighted by molar-refractivity contribution is 7.98. The molecule has 0 saturated heterocycles. The highest BCUT2D eigenvalue weighted by atomic mass is 32.2. The highest BCUT2D eigenvalue weighted by Gasteiger charge is 2.26. The standard InChI is InChI=1S/C13H17NO3S/c1-4-10(13(16)17)14(2)12(15)9-7-5-6-8-11(9)18-3/h5-8,10H,4H2,1-3H3,(H,16,17). The van der Waals surface area contributed by atoms with Crippen molar-refractivity contribution in [3.8, 4) is 0 Å². The Kier molecular flexibility index (Phi) is 5.22. The number of carboxylic acid groups (broad SMARTS) is 1. The predicted octanol–water partition coefficient (Wildman–Crippen LogP) is 2.34. The van der Waals surface area contributed by atoms with Gasteiger partial charge in [0, 0.05) is 11.9 Å². The summed E-state index contributed by atoms with van der Waals surface area (Å²) >= 11 is 1.47. The summed E-state index contributed by atoms with van der Waals surface area (Å²) in [6, 6.07) is 6.43. The molecule has 0 fully saturated rings. The molecule has 0 heterocycles. The number of nitrogens with zero attached hydrogens (tertiary/aromatic N) is 1. The Balaban J connectivity index is 3.02. The van der Waals surface area contributed by atoms with Crippen LogP contribution in [0.1, 0.15) is 23.7 Å². The van der Waals surface area contributed by atoms with E-state index in [4.69, 9.17) is 5.11 Å². The van der Waals surface area contributed by atoms with E-state index in [0.29, 0.717) is 12.0 Å². The lowest BCUT2D eigenvalue weighted by atomic mass is 10.1. The molecule has 0 bridgehead atoms. The van der Waals surface area contributed by atoms with E-state index in [1.165, 1.54) is 23.7 Å². The molecule has 0 aromatic heterocycles. The van der Waals surface area contributed by atoms with Gasteiger partial charge in [0.25, 0.3) is 5.91 Å². The number of thioether (sulfide) groups is 1. The van der Waals surface area contributed by atoms with E-state index >= 15 is 0 Å². The maximum Gasteiger partial charge on any atom is 0.326 e. The summed E-state index contributed by atoms with van der Waals surface area (Å²) < 4.78 is 0. The van der Waals surface area contributed by atoms with Crippen LogP contribution in [0.2, 0.25) is 0 Å². The summed E-state index contributed by atoms with van der Waals surface area (Å²) in [5, 5.41) is 9.07. The first-order valence-electron chi connectivity index (χ1n) is 5.65. The maximum atomic E-state index is 12.3. The zero-order chi connectivity index (χ0) is 13.7. The average molecular weight is 267 g/mol. The lowest BCUT2D eigenvalue weighted by Gasteiger charge is -2.24. The molecule has 1 aromatic carbocycles. The van der Waals surface area contributed by atoms with Crippen LogP contribution in [0.15, 0.2) is 29.2 Å². The van der Waals surface area contributed by atoms with Gasteiger partial charge in [-0.25, -0.2) is 4.79 Å². The number of carbonyl (C=O) groups is 2. The van der Waals surface area contributed by atoms with Gasteiger partial charge in [-0.1, -0.05) is 19.1 Å². The smallest absolute Gasteiger partial charge is 0.326 e. The molecule has 1 N–H and O–H groups in total. The molecule has 18 heavy (non-hydrogen) atoms. The molecule has 1 aromatic rings. The van der Waals surface area contributed by atoms with Crippen molar-refractivity contribution in [3.05, 3.63) is 29.8 Å². The third-order valence-corrected chi connectivity index (χ3v) is 3.59. The van der Waals surface area contributed by atoms with Gasteiger partial charge in [-0.2, -0.15) is 0 Å². The first-order valence-corrected chi connectivity index (χ1v) is 6.88. The van der Waals surface area contributed by atoms with Crippen LogP contribution < -0.4 is 0 Å². The topological polar surface area (TPSA) is 57.6 Å².